The molecule has 0 aliphatic heterocycles. The van der Waals surface area contributed by atoms with Crippen LogP contribution in [0.25, 0.3) is 0 Å². The Hall–Kier alpha value is -2.61. The SMILES string of the molecule is CC(C)(O)C(=O)c1ccc(COC(=O)NCCCCNC(=O)O)cc1. The Kier molecular flexibility index (Phi) is 7.87. The standard InChI is InChI=1S/C17H24N2O6/c1-17(2,24)14(20)13-7-5-12(6-8-13)11-25-16(23)19-10-4-3-9-18-15(21)22/h5-8,18,24H,3-4,9-11H2,1-2H3,(H,19,23)(H,21,22). The van der Waals surface area contributed by atoms with E-state index in [0.717, 1.165) is 0 Å². The van der Waals surface area contributed by atoms with Gasteiger partial charge in [-0.2, -0.15) is 0 Å². The number of hydrogen-bond acceptors (Lipinski definition) is 5. The molecule has 0 aliphatic carbocycles. The fourth-order valence-corrected chi connectivity index (χ4v) is 1.94. The van der Waals surface area contributed by atoms with E-state index < -0.39 is 17.8 Å². The van der Waals surface area contributed by atoms with Crippen molar-refractivity contribution in [2.75, 3.05) is 13.1 Å². The first-order valence-electron chi connectivity index (χ1n) is 7.93. The summed E-state index contributed by atoms with van der Waals surface area (Å²) in [5.41, 5.74) is -0.332. The molecule has 1 aromatic carbocycles. The highest BCUT2D eigenvalue weighted by Gasteiger charge is 2.24. The third-order valence-electron chi connectivity index (χ3n) is 3.29. The molecular formula is C17H24N2O6. The predicted molar refractivity (Wildman–Crippen MR) is 90.5 cm³/mol. The van der Waals surface area contributed by atoms with Crippen molar-refractivity contribution in [2.24, 2.45) is 0 Å². The Bertz CT molecular complexity index is 592. The maximum Gasteiger partial charge on any atom is 0.407 e. The minimum absolute atomic E-state index is 0.0589. The zero-order chi connectivity index (χ0) is 18.9. The summed E-state index contributed by atoms with van der Waals surface area (Å²) in [5.74, 6) is -0.380. The molecule has 0 radical (unpaired) electrons. The molecule has 2 amide bonds. The number of carbonyl (C=O) groups excluding carboxylic acids is 2. The zero-order valence-electron chi connectivity index (χ0n) is 14.4. The summed E-state index contributed by atoms with van der Waals surface area (Å²) >= 11 is 0. The molecule has 0 saturated heterocycles. The van der Waals surface area contributed by atoms with E-state index >= 15 is 0 Å². The van der Waals surface area contributed by atoms with Crippen LogP contribution in [0.1, 0.15) is 42.6 Å². The maximum atomic E-state index is 11.9. The Morgan fingerprint density at radius 2 is 1.60 bits per heavy atom. The second-order valence-corrected chi connectivity index (χ2v) is 6.03. The van der Waals surface area contributed by atoms with Gasteiger partial charge in [0.1, 0.15) is 12.2 Å². The summed E-state index contributed by atoms with van der Waals surface area (Å²) in [6, 6.07) is 6.46. The Balaban J connectivity index is 2.28. The van der Waals surface area contributed by atoms with Crippen LogP contribution in [0.2, 0.25) is 0 Å². The molecule has 8 nitrogen and oxygen atoms in total. The van der Waals surface area contributed by atoms with E-state index in [1.807, 2.05) is 0 Å². The fraction of sp³-hybridized carbons (Fsp3) is 0.471. The van der Waals surface area contributed by atoms with Gasteiger partial charge >= 0.3 is 12.2 Å². The molecule has 0 saturated carbocycles. The van der Waals surface area contributed by atoms with Gasteiger partial charge in [0.2, 0.25) is 0 Å². The Morgan fingerprint density at radius 3 is 2.12 bits per heavy atom. The van der Waals surface area contributed by atoms with Crippen molar-refractivity contribution < 1.29 is 29.3 Å². The summed E-state index contributed by atoms with van der Waals surface area (Å²) in [6.45, 7) is 3.63. The Morgan fingerprint density at radius 1 is 1.04 bits per heavy atom. The highest BCUT2D eigenvalue weighted by molar-refractivity contribution is 6.01. The topological polar surface area (TPSA) is 125 Å². The molecule has 1 rings (SSSR count). The number of ketones is 1. The molecule has 25 heavy (non-hydrogen) atoms. The lowest BCUT2D eigenvalue weighted by molar-refractivity contribution is 0.0488. The quantitative estimate of drug-likeness (QED) is 0.397. The van der Waals surface area contributed by atoms with Gasteiger partial charge in [-0.1, -0.05) is 24.3 Å². The van der Waals surface area contributed by atoms with Crippen LogP contribution in [0.15, 0.2) is 24.3 Å². The van der Waals surface area contributed by atoms with E-state index in [9.17, 15) is 19.5 Å². The van der Waals surface area contributed by atoms with E-state index in [-0.39, 0.29) is 12.4 Å². The van der Waals surface area contributed by atoms with Gasteiger partial charge in [0, 0.05) is 18.7 Å². The van der Waals surface area contributed by atoms with Crippen molar-refractivity contribution in [1.82, 2.24) is 10.6 Å². The van der Waals surface area contributed by atoms with E-state index in [4.69, 9.17) is 9.84 Å². The minimum atomic E-state index is -1.43. The van der Waals surface area contributed by atoms with Crippen LogP contribution < -0.4 is 10.6 Å². The predicted octanol–water partition coefficient (Wildman–Crippen LogP) is 1.91. The highest BCUT2D eigenvalue weighted by atomic mass is 16.5. The molecule has 0 spiro atoms. The van der Waals surface area contributed by atoms with Gasteiger partial charge in [-0.05, 0) is 32.3 Å². The molecule has 0 fully saturated rings. The summed E-state index contributed by atoms with van der Waals surface area (Å²) in [5, 5.41) is 22.9. The van der Waals surface area contributed by atoms with Crippen LogP contribution in [0, 0.1) is 0 Å². The van der Waals surface area contributed by atoms with E-state index in [0.29, 0.717) is 37.1 Å². The van der Waals surface area contributed by atoms with Crippen molar-refractivity contribution in [1.29, 1.82) is 0 Å². The molecule has 4 N–H and O–H groups in total. The molecule has 0 heterocycles. The number of hydrogen-bond donors (Lipinski definition) is 4. The zero-order valence-corrected chi connectivity index (χ0v) is 14.4. The van der Waals surface area contributed by atoms with E-state index in [1.54, 1.807) is 24.3 Å². The van der Waals surface area contributed by atoms with Crippen LogP contribution in [0.3, 0.4) is 0 Å². The second kappa shape index (κ2) is 9.63. The van der Waals surface area contributed by atoms with Gasteiger partial charge < -0.3 is 25.6 Å². The van der Waals surface area contributed by atoms with Gasteiger partial charge in [0.15, 0.2) is 5.78 Å². The molecule has 8 heteroatoms. The van der Waals surface area contributed by atoms with Gasteiger partial charge in [-0.3, -0.25) is 4.79 Å². The number of amides is 2. The lowest BCUT2D eigenvalue weighted by atomic mass is 9.96. The Labute approximate surface area is 146 Å². The van der Waals surface area contributed by atoms with Crippen LogP contribution in [-0.4, -0.2) is 46.9 Å². The lowest BCUT2D eigenvalue weighted by Gasteiger charge is -2.15. The molecule has 138 valence electrons. The fourth-order valence-electron chi connectivity index (χ4n) is 1.94. The number of rotatable bonds is 9. The van der Waals surface area contributed by atoms with Crippen molar-refractivity contribution in [3.63, 3.8) is 0 Å². The number of ether oxygens (including phenoxy) is 1. The lowest BCUT2D eigenvalue weighted by Crippen LogP contribution is -2.31. The summed E-state index contributed by atoms with van der Waals surface area (Å²) in [7, 11) is 0. The van der Waals surface area contributed by atoms with Gasteiger partial charge in [-0.15, -0.1) is 0 Å². The van der Waals surface area contributed by atoms with E-state index in [1.165, 1.54) is 13.8 Å². The molecule has 0 aliphatic rings. The number of aliphatic hydroxyl groups is 1. The molecular weight excluding hydrogens is 328 g/mol. The van der Waals surface area contributed by atoms with Crippen LogP contribution in [0.5, 0.6) is 0 Å². The van der Waals surface area contributed by atoms with E-state index in [2.05, 4.69) is 10.6 Å². The first kappa shape index (κ1) is 20.4. The molecule has 1 aromatic rings. The number of unbranched alkanes of at least 4 members (excludes halogenated alkanes) is 1. The minimum Gasteiger partial charge on any atom is -0.465 e. The molecule has 0 unspecified atom stereocenters. The first-order valence-corrected chi connectivity index (χ1v) is 7.93. The van der Waals surface area contributed by atoms with Gasteiger partial charge in [-0.25, -0.2) is 9.59 Å². The smallest absolute Gasteiger partial charge is 0.407 e. The summed E-state index contributed by atoms with van der Waals surface area (Å²) in [6.07, 6.45) is -0.391. The van der Waals surface area contributed by atoms with Gasteiger partial charge in [0.25, 0.3) is 0 Å². The third kappa shape index (κ3) is 8.16. The van der Waals surface area contributed by atoms with Crippen molar-refractivity contribution >= 4 is 18.0 Å². The monoisotopic (exact) mass is 352 g/mol. The number of benzene rings is 1. The molecule has 0 bridgehead atoms. The number of carboxylic acid groups (broad SMARTS) is 1. The third-order valence-corrected chi connectivity index (χ3v) is 3.29. The number of carbonyl (C=O) groups is 3. The second-order valence-electron chi connectivity index (χ2n) is 6.03. The molecule has 0 atom stereocenters. The summed E-state index contributed by atoms with van der Waals surface area (Å²) in [4.78, 5) is 33.7. The maximum absolute atomic E-state index is 11.9. The number of nitrogens with one attached hydrogen (secondary N) is 2. The van der Waals surface area contributed by atoms with Crippen LogP contribution in [0.4, 0.5) is 9.59 Å². The highest BCUT2D eigenvalue weighted by Crippen LogP contribution is 2.14. The normalized spacial score (nSPS) is 10.8. The van der Waals surface area contributed by atoms with Crippen LogP contribution in [-0.2, 0) is 11.3 Å². The molecule has 0 aromatic heterocycles. The first-order chi connectivity index (χ1) is 11.7. The van der Waals surface area contributed by atoms with Crippen LogP contribution >= 0.6 is 0 Å². The summed E-state index contributed by atoms with van der Waals surface area (Å²) < 4.78 is 5.05. The average Bonchev–Trinajstić information content (AvgIpc) is 2.54. The van der Waals surface area contributed by atoms with Gasteiger partial charge in [0.05, 0.1) is 0 Å². The van der Waals surface area contributed by atoms with Crippen molar-refractivity contribution in [2.45, 2.75) is 38.9 Å². The van der Waals surface area contributed by atoms with Crippen molar-refractivity contribution in [3.05, 3.63) is 35.4 Å². The number of alkyl carbamates (subject to hydrolysis) is 1. The largest absolute Gasteiger partial charge is 0.465 e. The average molecular weight is 352 g/mol. The number of Topliss-reactive ketones (excluding diaryl/α,β-unsaturated/α-hetero) is 1. The van der Waals surface area contributed by atoms with Crippen molar-refractivity contribution in [3.8, 4) is 0 Å².